The molecular weight excluding hydrogens is 798 g/mol. The van der Waals surface area contributed by atoms with E-state index < -0.39 is 136 Å². The molecular formula is C44H61NO16. The number of allylic oxidation sites excluding steroid dienone is 1. The molecule has 3 fully saturated rings. The van der Waals surface area contributed by atoms with Gasteiger partial charge in [-0.25, -0.2) is 19.2 Å². The van der Waals surface area contributed by atoms with E-state index in [0.29, 0.717) is 0 Å². The molecule has 0 radical (unpaired) electrons. The van der Waals surface area contributed by atoms with Gasteiger partial charge in [-0.2, -0.15) is 0 Å². The van der Waals surface area contributed by atoms with Crippen LogP contribution in [0.15, 0.2) is 41.7 Å². The van der Waals surface area contributed by atoms with Gasteiger partial charge in [-0.1, -0.05) is 59.7 Å². The van der Waals surface area contributed by atoms with Crippen molar-refractivity contribution in [2.24, 2.45) is 28.1 Å². The van der Waals surface area contributed by atoms with E-state index in [9.17, 15) is 39.3 Å². The Morgan fingerprint density at radius 2 is 1.57 bits per heavy atom. The highest BCUT2D eigenvalue weighted by Gasteiger charge is 2.79. The van der Waals surface area contributed by atoms with E-state index >= 15 is 4.79 Å². The van der Waals surface area contributed by atoms with Crippen LogP contribution in [0.3, 0.4) is 0 Å². The van der Waals surface area contributed by atoms with E-state index in [2.05, 4.69) is 5.32 Å². The first-order valence-corrected chi connectivity index (χ1v) is 20.3. The Morgan fingerprint density at radius 1 is 0.967 bits per heavy atom. The third-order valence-electron chi connectivity index (χ3n) is 13.2. The van der Waals surface area contributed by atoms with E-state index in [0.717, 1.165) is 14.0 Å². The number of hydrogen-bond donors (Lipinski definition) is 4. The van der Waals surface area contributed by atoms with Crippen LogP contribution in [0.25, 0.3) is 0 Å². The van der Waals surface area contributed by atoms with Gasteiger partial charge in [0, 0.05) is 31.1 Å². The number of benzene rings is 1. The summed E-state index contributed by atoms with van der Waals surface area (Å²) in [7, 11) is 1.06. The monoisotopic (exact) mass is 859 g/mol. The number of carbonyl (C=O) groups excluding carboxylic acids is 6. The first kappa shape index (κ1) is 47.5. The Bertz CT molecular complexity index is 1970. The molecule has 3 aliphatic carbocycles. The number of aliphatic hydroxyl groups is 3. The van der Waals surface area contributed by atoms with E-state index in [1.807, 2.05) is 0 Å². The lowest BCUT2D eigenvalue weighted by atomic mass is 9.43. The molecule has 1 amide bonds. The van der Waals surface area contributed by atoms with Gasteiger partial charge in [0.05, 0.1) is 42.8 Å². The van der Waals surface area contributed by atoms with Crippen LogP contribution in [0.2, 0.25) is 0 Å². The number of fused-ring (bicyclic) bond motifs is 5. The predicted octanol–water partition coefficient (Wildman–Crippen LogP) is 4.32. The molecule has 1 saturated heterocycles. The number of aliphatic hydroxyl groups excluding tert-OH is 2. The van der Waals surface area contributed by atoms with Gasteiger partial charge >= 0.3 is 30.2 Å². The molecule has 5 rings (SSSR count). The Labute approximate surface area is 355 Å². The molecule has 17 nitrogen and oxygen atoms in total. The van der Waals surface area contributed by atoms with Crippen molar-refractivity contribution in [1.82, 2.24) is 5.32 Å². The van der Waals surface area contributed by atoms with Crippen LogP contribution in [-0.2, 0) is 47.5 Å². The normalized spacial score (nSPS) is 34.0. The van der Waals surface area contributed by atoms with Crippen molar-refractivity contribution in [2.75, 3.05) is 13.7 Å². The van der Waals surface area contributed by atoms with Crippen LogP contribution in [0.5, 0.6) is 0 Å². The largest absolute Gasteiger partial charge is 0.508 e. The summed E-state index contributed by atoms with van der Waals surface area (Å²) in [6.45, 7) is 18.1. The smallest absolute Gasteiger partial charge is 0.457 e. The number of ether oxygens (including phenoxy) is 7. The maximum Gasteiger partial charge on any atom is 0.508 e. The minimum atomic E-state index is -2.46. The van der Waals surface area contributed by atoms with Gasteiger partial charge in [0.25, 0.3) is 0 Å². The van der Waals surface area contributed by atoms with E-state index in [4.69, 9.17) is 33.2 Å². The second-order valence-electron chi connectivity index (χ2n) is 19.8. The number of amides is 1. The molecule has 4 aliphatic rings. The van der Waals surface area contributed by atoms with Crippen molar-refractivity contribution in [3.63, 3.8) is 0 Å². The molecule has 4 N–H and O–H groups in total. The molecule has 2 bridgehead atoms. The quantitative estimate of drug-likeness (QED) is 0.210. The average molecular weight is 860 g/mol. The zero-order chi connectivity index (χ0) is 46.1. The SMILES string of the molecule is COC(=O)O[C@@]12CO[C@@H]1C[C@H](O)[C@@]1(C)C(=O)C(OC(C)=O)=C3C(C)[C@](C)(OC(=O)[C@H](O)[C@@H](NC(=O)OC(C)(C)C)C(C)(C)C)C[C@@](O)([C@@H](OC(=O)c4ccccc4)C12)C3(C)C. The molecule has 1 heterocycles. The average Bonchev–Trinajstić information content (AvgIpc) is 3.13. The number of esters is 3. The van der Waals surface area contributed by atoms with Gasteiger partial charge in [0.15, 0.2) is 17.5 Å². The van der Waals surface area contributed by atoms with Crippen molar-refractivity contribution >= 4 is 35.9 Å². The minimum Gasteiger partial charge on any atom is -0.457 e. The summed E-state index contributed by atoms with van der Waals surface area (Å²) < 4.78 is 40.6. The predicted molar refractivity (Wildman–Crippen MR) is 213 cm³/mol. The van der Waals surface area contributed by atoms with Crippen LogP contribution >= 0.6 is 0 Å². The molecule has 17 heteroatoms. The third-order valence-corrected chi connectivity index (χ3v) is 13.2. The van der Waals surface area contributed by atoms with Crippen LogP contribution < -0.4 is 5.32 Å². The third kappa shape index (κ3) is 8.14. The van der Waals surface area contributed by atoms with Crippen molar-refractivity contribution in [3.05, 3.63) is 47.2 Å². The Morgan fingerprint density at radius 3 is 2.08 bits per heavy atom. The molecule has 1 aromatic carbocycles. The summed E-state index contributed by atoms with van der Waals surface area (Å²) in [6.07, 6.45) is -9.60. The summed E-state index contributed by atoms with van der Waals surface area (Å²) in [5, 5.41) is 40.1. The fourth-order valence-corrected chi connectivity index (χ4v) is 9.79. The van der Waals surface area contributed by atoms with Crippen molar-refractivity contribution in [1.29, 1.82) is 0 Å². The Hall–Kier alpha value is -4.58. The Balaban J connectivity index is 1.78. The molecule has 338 valence electrons. The molecule has 1 aromatic rings. The van der Waals surface area contributed by atoms with Gasteiger partial charge in [-0.05, 0) is 57.7 Å². The van der Waals surface area contributed by atoms with Gasteiger partial charge < -0.3 is 53.8 Å². The van der Waals surface area contributed by atoms with Gasteiger partial charge in [0.2, 0.25) is 5.78 Å². The summed E-state index contributed by atoms with van der Waals surface area (Å²) in [5.41, 5.74) is -12.0. The fraction of sp³-hybridized carbons (Fsp3) is 0.682. The Kier molecular flexibility index (Phi) is 12.4. The molecule has 2 saturated carbocycles. The van der Waals surface area contributed by atoms with Crippen molar-refractivity contribution in [3.8, 4) is 0 Å². The standard InChI is InChI=1S/C44H61NO16/c1-22-27-29(57-23(2)46)32(49)42(12)25(47)19-26-43(21-56-26,61-37(53)55-13)30(42)33(58-34(50)24-17-15-14-16-18-24)44(54,40(27,9)10)20-41(22,11)59-35(51)28(48)31(38(3,4)5)45-36(52)60-39(6,7)8/h14-18,22,25-26,28,30-31,33,47-48,54H,19-21H2,1-13H3,(H,45,52)/t22?,25-,26+,28+,30?,31+,33-,41+,42+,43-,44+/m0/s1. The molecule has 1 aliphatic heterocycles. The lowest BCUT2D eigenvalue weighted by molar-refractivity contribution is -0.345. The van der Waals surface area contributed by atoms with Gasteiger partial charge in [-0.3, -0.25) is 9.59 Å². The maximum atomic E-state index is 15.5. The number of nitrogens with one attached hydrogen (secondary N) is 1. The molecule has 0 aromatic heterocycles. The number of carbonyl (C=O) groups is 6. The zero-order valence-corrected chi connectivity index (χ0v) is 37.2. The number of methoxy groups -OCH3 is 1. The van der Waals surface area contributed by atoms with Crippen LogP contribution in [0.1, 0.15) is 106 Å². The van der Waals surface area contributed by atoms with Crippen LogP contribution in [-0.4, -0.2) is 118 Å². The first-order chi connectivity index (χ1) is 27.9. The van der Waals surface area contributed by atoms with E-state index in [-0.39, 0.29) is 17.6 Å². The second kappa shape index (κ2) is 16.0. The van der Waals surface area contributed by atoms with Crippen LogP contribution in [0, 0.1) is 28.1 Å². The second-order valence-corrected chi connectivity index (χ2v) is 19.8. The number of alkyl carbamates (subject to hydrolysis) is 1. The topological polar surface area (TPSA) is 240 Å². The van der Waals surface area contributed by atoms with Crippen molar-refractivity contribution < 1.29 is 77.2 Å². The molecule has 0 spiro atoms. The maximum absolute atomic E-state index is 15.5. The fourth-order valence-electron chi connectivity index (χ4n) is 9.79. The molecule has 2 unspecified atom stereocenters. The number of hydrogen-bond acceptors (Lipinski definition) is 16. The highest BCUT2D eigenvalue weighted by atomic mass is 16.8. The molecule has 11 atom stereocenters. The van der Waals surface area contributed by atoms with E-state index in [1.165, 1.54) is 26.0 Å². The number of rotatable bonds is 8. The van der Waals surface area contributed by atoms with Crippen molar-refractivity contribution in [2.45, 2.75) is 149 Å². The van der Waals surface area contributed by atoms with Gasteiger partial charge in [0.1, 0.15) is 29.0 Å². The van der Waals surface area contributed by atoms with Gasteiger partial charge in [-0.15, -0.1) is 0 Å². The summed E-state index contributed by atoms with van der Waals surface area (Å²) in [4.78, 5) is 83.3. The summed E-state index contributed by atoms with van der Waals surface area (Å²) in [6, 6.07) is 6.49. The molecule has 61 heavy (non-hydrogen) atoms. The summed E-state index contributed by atoms with van der Waals surface area (Å²) in [5.74, 6) is -7.42. The highest BCUT2D eigenvalue weighted by Crippen LogP contribution is 2.66. The number of ketones is 1. The number of Topliss-reactive ketones (excluding diaryl/α,β-unsaturated/α-hetero) is 1. The zero-order valence-electron chi connectivity index (χ0n) is 37.2. The van der Waals surface area contributed by atoms with E-state index in [1.54, 1.807) is 80.5 Å². The summed E-state index contributed by atoms with van der Waals surface area (Å²) >= 11 is 0. The lowest BCUT2D eigenvalue weighted by Crippen LogP contribution is -2.81. The highest BCUT2D eigenvalue weighted by molar-refractivity contribution is 6.02. The first-order valence-electron chi connectivity index (χ1n) is 20.3. The minimum absolute atomic E-state index is 0.0342. The van der Waals surface area contributed by atoms with Crippen LogP contribution in [0.4, 0.5) is 9.59 Å². The lowest BCUT2D eigenvalue weighted by Gasteiger charge is -2.67.